The van der Waals surface area contributed by atoms with Gasteiger partial charge in [-0.1, -0.05) is 11.6 Å². The van der Waals surface area contributed by atoms with Gasteiger partial charge in [0.15, 0.2) is 17.9 Å². The van der Waals surface area contributed by atoms with E-state index in [4.69, 9.17) is 11.6 Å². The van der Waals surface area contributed by atoms with Crippen molar-refractivity contribution in [3.63, 3.8) is 0 Å². The number of amides is 1. The van der Waals surface area contributed by atoms with Crippen molar-refractivity contribution in [3.8, 4) is 5.82 Å². The number of rotatable bonds is 5. The highest BCUT2D eigenvalue weighted by atomic mass is 35.5. The molecule has 2 heterocycles. The molecule has 0 saturated carbocycles. The van der Waals surface area contributed by atoms with Crippen molar-refractivity contribution < 1.29 is 22.8 Å². The van der Waals surface area contributed by atoms with Crippen molar-refractivity contribution in [3.05, 3.63) is 70.4 Å². The lowest BCUT2D eigenvalue weighted by Gasteiger charge is -2.15. The van der Waals surface area contributed by atoms with E-state index in [0.717, 1.165) is 18.2 Å². The molecule has 1 amide bonds. The molecule has 3 rings (SSSR count). The summed E-state index contributed by atoms with van der Waals surface area (Å²) in [5, 5.41) is 6.39. The van der Waals surface area contributed by atoms with Crippen molar-refractivity contribution >= 4 is 23.8 Å². The zero-order valence-electron chi connectivity index (χ0n) is 14.8. The van der Waals surface area contributed by atoms with Crippen LogP contribution in [-0.4, -0.2) is 31.9 Å². The van der Waals surface area contributed by atoms with Crippen molar-refractivity contribution in [2.45, 2.75) is 19.1 Å². The molecule has 0 radical (unpaired) electrons. The van der Waals surface area contributed by atoms with Gasteiger partial charge in [0, 0.05) is 22.3 Å². The Bertz CT molecular complexity index is 1050. The zero-order valence-corrected chi connectivity index (χ0v) is 15.6. The molecule has 1 aromatic carbocycles. The van der Waals surface area contributed by atoms with Crippen LogP contribution in [0.4, 0.5) is 13.2 Å². The molecular formula is C18H13ClF3N5O2. The molecule has 3 aromatic rings. The highest BCUT2D eigenvalue weighted by Gasteiger charge is 2.32. The van der Waals surface area contributed by atoms with Crippen LogP contribution in [0.2, 0.25) is 5.02 Å². The number of alkyl halides is 3. The van der Waals surface area contributed by atoms with Gasteiger partial charge in [-0.25, -0.2) is 9.97 Å². The number of benzene rings is 1. The van der Waals surface area contributed by atoms with E-state index in [1.807, 2.05) is 0 Å². The highest BCUT2D eigenvalue weighted by Crippen LogP contribution is 2.32. The average Bonchev–Trinajstić information content (AvgIpc) is 3.17. The first-order chi connectivity index (χ1) is 13.7. The molecule has 0 bridgehead atoms. The standard InChI is InChI=1S/C18H13ClF3N5O2/c1-10(16-24-9-25-27(16)15-3-2-11(8-28)7-23-15)26-17(29)12-4-13(18(20,21)22)6-14(19)5-12/h2-10H,1H3,(H,26,29)/t10-/m0/s1. The molecule has 1 N–H and O–H groups in total. The third-order valence-corrected chi connectivity index (χ3v) is 4.14. The number of hydrogen-bond donors (Lipinski definition) is 1. The number of hydrogen-bond acceptors (Lipinski definition) is 5. The number of carbonyl (C=O) groups excluding carboxylic acids is 2. The minimum atomic E-state index is -4.63. The van der Waals surface area contributed by atoms with Gasteiger partial charge in [0.05, 0.1) is 11.6 Å². The fourth-order valence-electron chi connectivity index (χ4n) is 2.54. The summed E-state index contributed by atoms with van der Waals surface area (Å²) >= 11 is 5.73. The molecule has 0 aliphatic heterocycles. The number of aldehydes is 1. The van der Waals surface area contributed by atoms with Crippen LogP contribution in [0.5, 0.6) is 0 Å². The summed E-state index contributed by atoms with van der Waals surface area (Å²) in [5.41, 5.74) is -0.889. The molecule has 0 saturated heterocycles. The van der Waals surface area contributed by atoms with Crippen LogP contribution in [0.15, 0.2) is 42.9 Å². The van der Waals surface area contributed by atoms with Gasteiger partial charge in [-0.15, -0.1) is 0 Å². The lowest BCUT2D eigenvalue weighted by molar-refractivity contribution is -0.137. The fourth-order valence-corrected chi connectivity index (χ4v) is 2.78. The Morgan fingerprint density at radius 2 is 2.00 bits per heavy atom. The van der Waals surface area contributed by atoms with E-state index >= 15 is 0 Å². The van der Waals surface area contributed by atoms with Crippen molar-refractivity contribution in [1.82, 2.24) is 25.1 Å². The van der Waals surface area contributed by atoms with Crippen LogP contribution in [0.1, 0.15) is 45.1 Å². The smallest absolute Gasteiger partial charge is 0.342 e. The summed E-state index contributed by atoms with van der Waals surface area (Å²) in [6.45, 7) is 1.59. The summed E-state index contributed by atoms with van der Waals surface area (Å²) < 4.78 is 40.2. The summed E-state index contributed by atoms with van der Waals surface area (Å²) in [7, 11) is 0. The van der Waals surface area contributed by atoms with Crippen molar-refractivity contribution in [1.29, 1.82) is 0 Å². The van der Waals surface area contributed by atoms with Gasteiger partial charge < -0.3 is 5.32 Å². The van der Waals surface area contributed by atoms with Gasteiger partial charge in [-0.3, -0.25) is 9.59 Å². The van der Waals surface area contributed by atoms with Gasteiger partial charge in [0.25, 0.3) is 5.91 Å². The highest BCUT2D eigenvalue weighted by molar-refractivity contribution is 6.31. The lowest BCUT2D eigenvalue weighted by Crippen LogP contribution is -2.29. The lowest BCUT2D eigenvalue weighted by atomic mass is 10.1. The molecule has 150 valence electrons. The van der Waals surface area contributed by atoms with Gasteiger partial charge >= 0.3 is 6.18 Å². The molecular weight excluding hydrogens is 411 g/mol. The minimum Gasteiger partial charge on any atom is -0.342 e. The largest absolute Gasteiger partial charge is 0.416 e. The monoisotopic (exact) mass is 423 g/mol. The van der Waals surface area contributed by atoms with E-state index in [9.17, 15) is 22.8 Å². The summed E-state index contributed by atoms with van der Waals surface area (Å²) in [4.78, 5) is 31.4. The predicted molar refractivity (Wildman–Crippen MR) is 96.9 cm³/mol. The Labute approximate surface area is 167 Å². The molecule has 11 heteroatoms. The maximum Gasteiger partial charge on any atom is 0.416 e. The number of carbonyl (C=O) groups is 2. The summed E-state index contributed by atoms with van der Waals surface area (Å²) in [5.74, 6) is -0.113. The molecule has 0 aliphatic rings. The molecule has 1 atom stereocenters. The van der Waals surface area contributed by atoms with E-state index in [1.165, 1.54) is 23.3 Å². The zero-order chi connectivity index (χ0) is 21.2. The molecule has 29 heavy (non-hydrogen) atoms. The number of nitrogens with zero attached hydrogens (tertiary/aromatic N) is 4. The number of nitrogens with one attached hydrogen (secondary N) is 1. The van der Waals surface area contributed by atoms with Crippen LogP contribution in [0.3, 0.4) is 0 Å². The van der Waals surface area contributed by atoms with Crippen molar-refractivity contribution in [2.24, 2.45) is 0 Å². The van der Waals surface area contributed by atoms with Crippen LogP contribution < -0.4 is 5.32 Å². The Morgan fingerprint density at radius 1 is 1.24 bits per heavy atom. The third-order valence-electron chi connectivity index (χ3n) is 3.92. The van der Waals surface area contributed by atoms with Crippen molar-refractivity contribution in [2.75, 3.05) is 0 Å². The van der Waals surface area contributed by atoms with Gasteiger partial charge in [0.2, 0.25) is 0 Å². The average molecular weight is 424 g/mol. The Morgan fingerprint density at radius 3 is 2.62 bits per heavy atom. The third kappa shape index (κ3) is 4.60. The molecule has 0 aliphatic carbocycles. The van der Waals surface area contributed by atoms with Crippen LogP contribution in [0, 0.1) is 0 Å². The fraction of sp³-hybridized carbons (Fsp3) is 0.167. The Hall–Kier alpha value is -3.27. The van der Waals surface area contributed by atoms with E-state index in [1.54, 1.807) is 13.0 Å². The SMILES string of the molecule is C[C@H](NC(=O)c1cc(Cl)cc(C(F)(F)F)c1)c1ncnn1-c1ccc(C=O)cn1. The molecule has 2 aromatic heterocycles. The normalized spacial score (nSPS) is 12.4. The summed E-state index contributed by atoms with van der Waals surface area (Å²) in [6, 6.07) is 4.97. The van der Waals surface area contributed by atoms with Crippen LogP contribution in [0.25, 0.3) is 5.82 Å². The van der Waals surface area contributed by atoms with E-state index < -0.39 is 23.7 Å². The van der Waals surface area contributed by atoms with E-state index in [-0.39, 0.29) is 10.6 Å². The second-order valence-electron chi connectivity index (χ2n) is 6.02. The number of halogens is 4. The number of aromatic nitrogens is 4. The first-order valence-corrected chi connectivity index (χ1v) is 8.57. The van der Waals surface area contributed by atoms with E-state index in [2.05, 4.69) is 20.4 Å². The molecule has 0 spiro atoms. The first-order valence-electron chi connectivity index (χ1n) is 8.19. The minimum absolute atomic E-state index is 0.208. The summed E-state index contributed by atoms with van der Waals surface area (Å²) in [6.07, 6.45) is -1.40. The maximum atomic E-state index is 13.0. The first kappa shape index (κ1) is 20.5. The Balaban J connectivity index is 1.83. The van der Waals surface area contributed by atoms with E-state index in [0.29, 0.717) is 23.5 Å². The molecule has 0 fully saturated rings. The second kappa shape index (κ2) is 8.00. The predicted octanol–water partition coefficient (Wildman–Crippen LogP) is 3.64. The second-order valence-corrected chi connectivity index (χ2v) is 6.46. The topological polar surface area (TPSA) is 89.8 Å². The molecule has 7 nitrogen and oxygen atoms in total. The van der Waals surface area contributed by atoms with Crippen LogP contribution in [-0.2, 0) is 6.18 Å². The molecule has 0 unspecified atom stereocenters. The van der Waals surface area contributed by atoms with Gasteiger partial charge in [0.1, 0.15) is 6.33 Å². The number of pyridine rings is 1. The van der Waals surface area contributed by atoms with Gasteiger partial charge in [-0.05, 0) is 37.3 Å². The Kier molecular flexibility index (Phi) is 5.64. The van der Waals surface area contributed by atoms with Gasteiger partial charge in [-0.2, -0.15) is 23.0 Å². The quantitative estimate of drug-likeness (QED) is 0.633. The van der Waals surface area contributed by atoms with Crippen LogP contribution >= 0.6 is 11.6 Å². The maximum absolute atomic E-state index is 13.0.